The van der Waals surface area contributed by atoms with Gasteiger partial charge in [0, 0.05) is 0 Å². The van der Waals surface area contributed by atoms with Crippen LogP contribution in [-0.4, -0.2) is 32.1 Å². The summed E-state index contributed by atoms with van der Waals surface area (Å²) in [6.07, 6.45) is 4.05. The van der Waals surface area contributed by atoms with E-state index in [4.69, 9.17) is 0 Å². The molecule has 25 heavy (non-hydrogen) atoms. The first-order valence-corrected chi connectivity index (χ1v) is 8.37. The number of phenols is 2. The first kappa shape index (κ1) is 20.8. The maximum Gasteiger partial charge on any atom is 0.131 e. The largest absolute Gasteiger partial charge is 0.508 e. The van der Waals surface area contributed by atoms with Crippen LogP contribution < -0.4 is 0 Å². The van der Waals surface area contributed by atoms with Crippen molar-refractivity contribution >= 4 is 0 Å². The minimum absolute atomic E-state index is 0.0270. The molecular weight excluding hydrogens is 316 g/mol. The fourth-order valence-electron chi connectivity index (χ4n) is 2.15. The number of aliphatic hydroxyl groups is 2. The summed E-state index contributed by atoms with van der Waals surface area (Å²) in [7, 11) is 0. The highest BCUT2D eigenvalue weighted by Gasteiger charge is 2.23. The second-order valence-electron chi connectivity index (χ2n) is 6.85. The summed E-state index contributed by atoms with van der Waals surface area (Å²) in [5, 5.41) is 38.6. The van der Waals surface area contributed by atoms with Crippen LogP contribution in [0.4, 0.5) is 0 Å². The maximum absolute atomic E-state index is 9.82. The Balaban J connectivity index is 2.47. The molecule has 0 unspecified atom stereocenters. The van der Waals surface area contributed by atoms with Crippen LogP contribution in [0, 0.1) is 11.8 Å². The van der Waals surface area contributed by atoms with E-state index in [1.54, 1.807) is 13.8 Å². The van der Waals surface area contributed by atoms with Gasteiger partial charge in [-0.05, 0) is 70.2 Å². The summed E-state index contributed by atoms with van der Waals surface area (Å²) in [5.41, 5.74) is 1.17. The van der Waals surface area contributed by atoms with Gasteiger partial charge in [-0.2, -0.15) is 0 Å². The Labute approximate surface area is 150 Å². The zero-order valence-electron chi connectivity index (χ0n) is 15.2. The van der Waals surface area contributed by atoms with Crippen LogP contribution >= 0.6 is 0 Å². The van der Waals surface area contributed by atoms with Crippen LogP contribution in [-0.2, 0) is 0 Å². The van der Waals surface area contributed by atoms with Crippen LogP contribution in [0.15, 0.2) is 42.0 Å². The van der Waals surface area contributed by atoms with E-state index in [9.17, 15) is 20.4 Å². The van der Waals surface area contributed by atoms with Crippen LogP contribution in [0.1, 0.15) is 52.0 Å². The molecule has 0 aliphatic rings. The molecule has 0 saturated heterocycles. The summed E-state index contributed by atoms with van der Waals surface area (Å²) in [6, 6.07) is 4.21. The third kappa shape index (κ3) is 7.93. The summed E-state index contributed by atoms with van der Waals surface area (Å²) in [5.74, 6) is 5.78. The van der Waals surface area contributed by atoms with Crippen molar-refractivity contribution in [1.82, 2.24) is 0 Å². The second kappa shape index (κ2) is 9.31. The predicted molar refractivity (Wildman–Crippen MR) is 100 cm³/mol. The highest BCUT2D eigenvalue weighted by atomic mass is 16.3. The molecule has 4 N–H and O–H groups in total. The van der Waals surface area contributed by atoms with Crippen molar-refractivity contribution in [3.05, 3.63) is 47.6 Å². The van der Waals surface area contributed by atoms with Gasteiger partial charge in [-0.15, -0.1) is 0 Å². The molecule has 1 aromatic rings. The summed E-state index contributed by atoms with van der Waals surface area (Å²) in [4.78, 5) is 0. The molecule has 0 aromatic heterocycles. The van der Waals surface area contributed by atoms with Crippen LogP contribution in [0.25, 0.3) is 0 Å². The Morgan fingerprint density at radius 2 is 1.96 bits per heavy atom. The normalized spacial score (nSPS) is 13.1. The molecule has 0 heterocycles. The number of phenolic OH excluding ortho intramolecular Hbond substituents is 2. The van der Waals surface area contributed by atoms with Crippen molar-refractivity contribution in [3.8, 4) is 23.3 Å². The smallest absolute Gasteiger partial charge is 0.131 e. The van der Waals surface area contributed by atoms with Crippen molar-refractivity contribution in [2.75, 3.05) is 0 Å². The molecular formula is C21H28O4. The lowest BCUT2D eigenvalue weighted by Gasteiger charge is -2.24. The molecule has 136 valence electrons. The molecule has 4 nitrogen and oxygen atoms in total. The average molecular weight is 344 g/mol. The minimum Gasteiger partial charge on any atom is -0.508 e. The number of aliphatic hydroxyl groups excluding tert-OH is 1. The van der Waals surface area contributed by atoms with Crippen molar-refractivity contribution in [3.63, 3.8) is 0 Å². The van der Waals surface area contributed by atoms with Gasteiger partial charge < -0.3 is 20.4 Å². The van der Waals surface area contributed by atoms with Gasteiger partial charge in [-0.1, -0.05) is 30.1 Å². The Hall–Kier alpha value is -2.22. The quantitative estimate of drug-likeness (QED) is 0.346. The van der Waals surface area contributed by atoms with E-state index in [-0.39, 0.29) is 11.5 Å². The van der Waals surface area contributed by atoms with Crippen molar-refractivity contribution in [1.29, 1.82) is 0 Å². The first-order chi connectivity index (χ1) is 11.6. The van der Waals surface area contributed by atoms with Gasteiger partial charge >= 0.3 is 0 Å². The average Bonchev–Trinajstić information content (AvgIpc) is 2.52. The standard InChI is InChI=1S/C21H28O4/c1-15(8-10-17-14-18(22)11-12-19(17)23)6-5-7-16(2)9-13-20(24)21(3,4)25/h7,11-12,14,20,22-25H,1,5-6,9,13H2,2-4H3/t20-/m0/s1. The molecule has 0 fully saturated rings. The van der Waals surface area contributed by atoms with Crippen LogP contribution in [0.2, 0.25) is 0 Å². The third-order valence-corrected chi connectivity index (χ3v) is 3.92. The molecule has 0 aliphatic carbocycles. The number of benzene rings is 1. The molecule has 0 bridgehead atoms. The molecule has 0 radical (unpaired) electrons. The van der Waals surface area contributed by atoms with Gasteiger partial charge in [0.05, 0.1) is 17.3 Å². The zero-order chi connectivity index (χ0) is 19.0. The lowest BCUT2D eigenvalue weighted by molar-refractivity contribution is -0.0509. The van der Waals surface area contributed by atoms with E-state index in [1.165, 1.54) is 18.2 Å². The second-order valence-corrected chi connectivity index (χ2v) is 6.85. The van der Waals surface area contributed by atoms with Crippen molar-refractivity contribution < 1.29 is 20.4 Å². The summed E-state index contributed by atoms with van der Waals surface area (Å²) < 4.78 is 0. The van der Waals surface area contributed by atoms with E-state index in [0.717, 1.165) is 24.0 Å². The molecule has 4 heteroatoms. The molecule has 1 atom stereocenters. The van der Waals surface area contributed by atoms with Gasteiger partial charge in [0.2, 0.25) is 0 Å². The molecule has 1 aromatic carbocycles. The third-order valence-electron chi connectivity index (χ3n) is 3.92. The Bertz CT molecular complexity index is 684. The monoisotopic (exact) mass is 344 g/mol. The maximum atomic E-state index is 9.82. The molecule has 1 rings (SSSR count). The minimum atomic E-state index is -1.08. The van der Waals surface area contributed by atoms with Gasteiger partial charge in [-0.25, -0.2) is 0 Å². The van der Waals surface area contributed by atoms with E-state index in [2.05, 4.69) is 24.5 Å². The lowest BCUT2D eigenvalue weighted by atomic mass is 9.95. The van der Waals surface area contributed by atoms with E-state index in [0.29, 0.717) is 18.4 Å². The van der Waals surface area contributed by atoms with Crippen LogP contribution in [0.3, 0.4) is 0 Å². The number of allylic oxidation sites excluding steroid dienone is 3. The van der Waals surface area contributed by atoms with Gasteiger partial charge in [0.1, 0.15) is 11.5 Å². The number of hydrogen-bond donors (Lipinski definition) is 4. The summed E-state index contributed by atoms with van der Waals surface area (Å²) >= 11 is 0. The highest BCUT2D eigenvalue weighted by Crippen LogP contribution is 2.21. The Morgan fingerprint density at radius 3 is 2.60 bits per heavy atom. The van der Waals surface area contributed by atoms with E-state index in [1.807, 2.05) is 6.92 Å². The van der Waals surface area contributed by atoms with E-state index >= 15 is 0 Å². The molecule has 0 spiro atoms. The SMILES string of the molecule is C=C(C#Cc1cc(O)ccc1O)CCC=C(C)CC[C@H](O)C(C)(C)O. The molecule has 0 amide bonds. The molecule has 0 aliphatic heterocycles. The fraction of sp³-hybridized carbons (Fsp3) is 0.429. The fourth-order valence-corrected chi connectivity index (χ4v) is 2.15. The summed E-state index contributed by atoms with van der Waals surface area (Å²) in [6.45, 7) is 9.10. The molecule has 0 saturated carbocycles. The zero-order valence-corrected chi connectivity index (χ0v) is 15.2. The van der Waals surface area contributed by atoms with Crippen molar-refractivity contribution in [2.24, 2.45) is 0 Å². The van der Waals surface area contributed by atoms with Crippen LogP contribution in [0.5, 0.6) is 11.5 Å². The Kier molecular flexibility index (Phi) is 7.76. The number of aromatic hydroxyl groups is 2. The number of rotatable bonds is 7. The van der Waals surface area contributed by atoms with E-state index < -0.39 is 11.7 Å². The first-order valence-electron chi connectivity index (χ1n) is 8.37. The Morgan fingerprint density at radius 1 is 1.28 bits per heavy atom. The van der Waals surface area contributed by atoms with Gasteiger partial charge in [0.15, 0.2) is 0 Å². The van der Waals surface area contributed by atoms with Gasteiger partial charge in [-0.3, -0.25) is 0 Å². The van der Waals surface area contributed by atoms with Gasteiger partial charge in [0.25, 0.3) is 0 Å². The number of hydrogen-bond acceptors (Lipinski definition) is 4. The predicted octanol–water partition coefficient (Wildman–Crippen LogP) is 3.64. The lowest BCUT2D eigenvalue weighted by Crippen LogP contribution is -2.35. The highest BCUT2D eigenvalue weighted by molar-refractivity contribution is 5.50. The van der Waals surface area contributed by atoms with Crippen molar-refractivity contribution in [2.45, 2.75) is 58.2 Å². The topological polar surface area (TPSA) is 80.9 Å².